The van der Waals surface area contributed by atoms with Gasteiger partial charge in [0, 0.05) is 18.5 Å². The molecule has 2 heteroatoms. The van der Waals surface area contributed by atoms with E-state index in [0.29, 0.717) is 0 Å². The van der Waals surface area contributed by atoms with Crippen LogP contribution in [0, 0.1) is 3.57 Å². The summed E-state index contributed by atoms with van der Waals surface area (Å²) in [7, 11) is 0. The molecule has 0 N–H and O–H groups in total. The summed E-state index contributed by atoms with van der Waals surface area (Å²) in [5.41, 5.74) is 1.47. The van der Waals surface area contributed by atoms with Gasteiger partial charge in [-0.3, -0.25) is 0 Å². The van der Waals surface area contributed by atoms with Gasteiger partial charge in [-0.05, 0) is 59.2 Å². The zero-order valence-corrected chi connectivity index (χ0v) is 10.6. The molecule has 0 aliphatic heterocycles. The lowest BCUT2D eigenvalue weighted by atomic mass is 10.0. The second-order valence-corrected chi connectivity index (χ2v) is 5.90. The minimum atomic E-state index is 1.21. The van der Waals surface area contributed by atoms with Crippen molar-refractivity contribution in [3.63, 3.8) is 0 Å². The minimum absolute atomic E-state index is 1.21. The normalized spacial score (nSPS) is 14.6. The third-order valence-electron chi connectivity index (χ3n) is 2.59. The van der Waals surface area contributed by atoms with Gasteiger partial charge < -0.3 is 0 Å². The first-order valence-electron chi connectivity index (χ1n) is 4.72. The largest absolute Gasteiger partial charge is 0.140 e. The van der Waals surface area contributed by atoms with Crippen LogP contribution in [-0.4, -0.2) is 0 Å². The number of hydrogen-bond donors (Lipinski definition) is 0. The molecule has 2 aromatic rings. The highest BCUT2D eigenvalue weighted by atomic mass is 127. The molecule has 1 aromatic heterocycles. The lowest BCUT2D eigenvalue weighted by Gasteiger charge is -2.03. The van der Waals surface area contributed by atoms with Crippen LogP contribution in [0.2, 0.25) is 0 Å². The van der Waals surface area contributed by atoms with E-state index in [9.17, 15) is 0 Å². The molecule has 1 aliphatic carbocycles. The molecule has 3 rings (SSSR count). The van der Waals surface area contributed by atoms with Crippen LogP contribution in [-0.2, 0) is 6.42 Å². The molecule has 1 aromatic carbocycles. The predicted molar refractivity (Wildman–Crippen MR) is 71.9 cm³/mol. The molecule has 0 atom stereocenters. The van der Waals surface area contributed by atoms with E-state index in [1.165, 1.54) is 32.1 Å². The van der Waals surface area contributed by atoms with Gasteiger partial charge in [-0.25, -0.2) is 0 Å². The van der Waals surface area contributed by atoms with Crippen molar-refractivity contribution in [1.82, 2.24) is 0 Å². The van der Waals surface area contributed by atoms with E-state index in [1.54, 1.807) is 4.88 Å². The van der Waals surface area contributed by atoms with Crippen LogP contribution in [0.5, 0.6) is 0 Å². The highest BCUT2D eigenvalue weighted by Crippen LogP contribution is 2.36. The highest BCUT2D eigenvalue weighted by molar-refractivity contribution is 14.1. The number of halogens is 1. The van der Waals surface area contributed by atoms with E-state index in [0.717, 1.165) is 0 Å². The fourth-order valence-corrected chi connectivity index (χ4v) is 3.60. The average Bonchev–Trinajstić information content (AvgIpc) is 2.56. The van der Waals surface area contributed by atoms with Gasteiger partial charge in [-0.15, -0.1) is 11.3 Å². The van der Waals surface area contributed by atoms with Gasteiger partial charge in [0.05, 0.1) is 0 Å². The number of hydrogen-bond acceptors (Lipinski definition) is 1. The van der Waals surface area contributed by atoms with Gasteiger partial charge in [0.1, 0.15) is 0 Å². The predicted octanol–water partition coefficient (Wildman–Crippen LogP) is 4.47. The first-order chi connectivity index (χ1) is 6.84. The molecule has 0 saturated carbocycles. The van der Waals surface area contributed by atoms with Gasteiger partial charge in [0.2, 0.25) is 0 Å². The molecule has 0 amide bonds. The van der Waals surface area contributed by atoms with Crippen LogP contribution >= 0.6 is 33.9 Å². The number of benzene rings is 1. The first kappa shape index (κ1) is 8.92. The number of thiophene rings is 1. The Bertz CT molecular complexity index is 522. The van der Waals surface area contributed by atoms with Crippen molar-refractivity contribution in [1.29, 1.82) is 0 Å². The summed E-state index contributed by atoms with van der Waals surface area (Å²) in [4.78, 5) is 1.56. The Morgan fingerprint density at radius 1 is 1.29 bits per heavy atom. The molecule has 14 heavy (non-hydrogen) atoms. The summed E-state index contributed by atoms with van der Waals surface area (Å²) < 4.78 is 2.76. The van der Waals surface area contributed by atoms with Gasteiger partial charge in [-0.1, -0.05) is 12.2 Å². The van der Waals surface area contributed by atoms with Crippen LogP contribution in [0.25, 0.3) is 16.2 Å². The smallest absolute Gasteiger partial charge is 0.0352 e. The molecular weight excluding hydrogens is 303 g/mol. The van der Waals surface area contributed by atoms with Gasteiger partial charge in [0.15, 0.2) is 0 Å². The van der Waals surface area contributed by atoms with Gasteiger partial charge in [-0.2, -0.15) is 0 Å². The SMILES string of the molecule is Ic1ccc2sc3c(c2c1)C=CCC3. The van der Waals surface area contributed by atoms with E-state index in [-0.39, 0.29) is 0 Å². The Morgan fingerprint density at radius 3 is 3.14 bits per heavy atom. The molecule has 0 spiro atoms. The number of aryl methyl sites for hydroxylation is 1. The van der Waals surface area contributed by atoms with Crippen molar-refractivity contribution in [3.05, 3.63) is 38.3 Å². The summed E-state index contributed by atoms with van der Waals surface area (Å²) in [6.45, 7) is 0. The van der Waals surface area contributed by atoms with Crippen molar-refractivity contribution in [3.8, 4) is 0 Å². The lowest BCUT2D eigenvalue weighted by molar-refractivity contribution is 1.02. The second-order valence-electron chi connectivity index (χ2n) is 3.52. The summed E-state index contributed by atoms with van der Waals surface area (Å²) in [5, 5.41) is 1.44. The van der Waals surface area contributed by atoms with E-state index >= 15 is 0 Å². The van der Waals surface area contributed by atoms with Crippen molar-refractivity contribution in [2.24, 2.45) is 0 Å². The van der Waals surface area contributed by atoms with Crippen molar-refractivity contribution >= 4 is 50.1 Å². The fourth-order valence-electron chi connectivity index (χ4n) is 1.92. The van der Waals surface area contributed by atoms with E-state index in [1.807, 2.05) is 11.3 Å². The van der Waals surface area contributed by atoms with Crippen molar-refractivity contribution in [2.45, 2.75) is 12.8 Å². The quantitative estimate of drug-likeness (QED) is 0.630. The Labute approximate surface area is 101 Å². The van der Waals surface area contributed by atoms with E-state index < -0.39 is 0 Å². The topological polar surface area (TPSA) is 0 Å². The number of allylic oxidation sites excluding steroid dienone is 1. The summed E-state index contributed by atoms with van der Waals surface area (Å²) >= 11 is 4.33. The van der Waals surface area contributed by atoms with E-state index in [4.69, 9.17) is 0 Å². The highest BCUT2D eigenvalue weighted by Gasteiger charge is 2.11. The molecule has 70 valence electrons. The average molecular weight is 312 g/mol. The molecule has 1 aliphatic rings. The zero-order valence-electron chi connectivity index (χ0n) is 7.59. The Morgan fingerprint density at radius 2 is 2.21 bits per heavy atom. The minimum Gasteiger partial charge on any atom is -0.140 e. The second kappa shape index (κ2) is 3.35. The monoisotopic (exact) mass is 312 g/mol. The summed E-state index contributed by atoms with van der Waals surface area (Å²) in [6, 6.07) is 6.73. The van der Waals surface area contributed by atoms with Crippen LogP contribution in [0.4, 0.5) is 0 Å². The maximum absolute atomic E-state index is 2.38. The Balaban J connectivity index is 2.39. The fraction of sp³-hybridized carbons (Fsp3) is 0.167. The summed E-state index contributed by atoms with van der Waals surface area (Å²) in [6.07, 6.45) is 7.00. The lowest BCUT2D eigenvalue weighted by Crippen LogP contribution is -1.87. The third kappa shape index (κ3) is 1.32. The zero-order chi connectivity index (χ0) is 9.54. The van der Waals surface area contributed by atoms with Gasteiger partial charge in [0.25, 0.3) is 0 Å². The van der Waals surface area contributed by atoms with Crippen LogP contribution in [0.3, 0.4) is 0 Å². The number of fused-ring (bicyclic) bond motifs is 3. The molecule has 0 fully saturated rings. The molecule has 0 radical (unpaired) electrons. The van der Waals surface area contributed by atoms with Crippen LogP contribution in [0.15, 0.2) is 24.3 Å². The first-order valence-corrected chi connectivity index (χ1v) is 6.61. The van der Waals surface area contributed by atoms with E-state index in [2.05, 4.69) is 52.9 Å². The molecule has 0 saturated heterocycles. The standard InChI is InChI=1S/C12H9IS/c13-8-5-6-12-10(7-8)9-3-1-2-4-11(9)14-12/h1,3,5-7H,2,4H2. The molecule has 1 heterocycles. The maximum Gasteiger partial charge on any atom is 0.0352 e. The van der Waals surface area contributed by atoms with Crippen LogP contribution in [0.1, 0.15) is 16.9 Å². The molecule has 0 nitrogen and oxygen atoms in total. The molecular formula is C12H9IS. The van der Waals surface area contributed by atoms with Crippen molar-refractivity contribution in [2.75, 3.05) is 0 Å². The molecule has 0 unspecified atom stereocenters. The third-order valence-corrected chi connectivity index (χ3v) is 4.51. The molecule has 0 bridgehead atoms. The summed E-state index contributed by atoms with van der Waals surface area (Å²) in [5.74, 6) is 0. The maximum atomic E-state index is 2.38. The van der Waals surface area contributed by atoms with Crippen LogP contribution < -0.4 is 0 Å². The van der Waals surface area contributed by atoms with Gasteiger partial charge >= 0.3 is 0 Å². The Hall–Kier alpha value is -0.350. The van der Waals surface area contributed by atoms with Crippen molar-refractivity contribution < 1.29 is 0 Å². The Kier molecular flexibility index (Phi) is 2.13. The number of rotatable bonds is 0.